The first kappa shape index (κ1) is 10.6. The molecule has 0 nitrogen and oxygen atoms in total. The van der Waals surface area contributed by atoms with Crippen LogP contribution < -0.4 is 0 Å². The van der Waals surface area contributed by atoms with Crippen LogP contribution in [0, 0.1) is 5.92 Å². The summed E-state index contributed by atoms with van der Waals surface area (Å²) >= 11 is 0. The van der Waals surface area contributed by atoms with Gasteiger partial charge in [0.2, 0.25) is 0 Å². The van der Waals surface area contributed by atoms with Crippen molar-refractivity contribution in [3.63, 3.8) is 0 Å². The standard InChI is InChI=1S/C18H20/c1-3-7-15-13(5-1)9-11-18-16-8-4-2-6-14(16)10-12-17(15)18/h1,3,5,7,9,11,14,16H,2,4,6,8,10,12H2/t14-,16-/m0/s1. The van der Waals surface area contributed by atoms with Crippen LogP contribution in [0.25, 0.3) is 10.8 Å². The maximum Gasteiger partial charge on any atom is -0.0131 e. The van der Waals surface area contributed by atoms with Crippen molar-refractivity contribution >= 4 is 10.8 Å². The average molecular weight is 236 g/mol. The molecular weight excluding hydrogens is 216 g/mol. The molecule has 0 heterocycles. The van der Waals surface area contributed by atoms with Crippen LogP contribution in [0.4, 0.5) is 0 Å². The van der Waals surface area contributed by atoms with E-state index in [9.17, 15) is 0 Å². The maximum atomic E-state index is 2.43. The van der Waals surface area contributed by atoms with E-state index in [0.29, 0.717) is 0 Å². The molecule has 0 saturated heterocycles. The fourth-order valence-corrected chi connectivity index (χ4v) is 4.27. The van der Waals surface area contributed by atoms with Crippen LogP contribution in [-0.2, 0) is 6.42 Å². The van der Waals surface area contributed by atoms with Gasteiger partial charge >= 0.3 is 0 Å². The van der Waals surface area contributed by atoms with Crippen molar-refractivity contribution in [2.24, 2.45) is 5.92 Å². The molecule has 0 amide bonds. The minimum Gasteiger partial charge on any atom is -0.0616 e. The molecule has 2 atom stereocenters. The summed E-state index contributed by atoms with van der Waals surface area (Å²) < 4.78 is 0. The molecule has 2 aliphatic rings. The van der Waals surface area contributed by atoms with Crippen molar-refractivity contribution < 1.29 is 0 Å². The van der Waals surface area contributed by atoms with Crippen LogP contribution in [0.1, 0.15) is 49.1 Å². The van der Waals surface area contributed by atoms with E-state index < -0.39 is 0 Å². The van der Waals surface area contributed by atoms with E-state index in [0.717, 1.165) is 11.8 Å². The molecule has 2 aromatic carbocycles. The molecular formula is C18H20. The number of hydrogen-bond acceptors (Lipinski definition) is 0. The lowest BCUT2D eigenvalue weighted by Gasteiger charge is -2.37. The molecule has 0 N–H and O–H groups in total. The molecule has 1 fully saturated rings. The summed E-state index contributed by atoms with van der Waals surface area (Å²) in [6, 6.07) is 13.7. The van der Waals surface area contributed by atoms with Gasteiger partial charge < -0.3 is 0 Å². The van der Waals surface area contributed by atoms with Gasteiger partial charge in [0.05, 0.1) is 0 Å². The van der Waals surface area contributed by atoms with E-state index >= 15 is 0 Å². The second-order valence-electron chi connectivity index (χ2n) is 6.04. The predicted octanol–water partition coefficient (Wildman–Crippen LogP) is 5.06. The topological polar surface area (TPSA) is 0 Å². The first-order valence-electron chi connectivity index (χ1n) is 7.44. The molecule has 92 valence electrons. The molecule has 2 aliphatic carbocycles. The van der Waals surface area contributed by atoms with Gasteiger partial charge in [0.1, 0.15) is 0 Å². The van der Waals surface area contributed by atoms with Crippen LogP contribution in [0.2, 0.25) is 0 Å². The van der Waals surface area contributed by atoms with Crippen LogP contribution in [-0.4, -0.2) is 0 Å². The normalized spacial score (nSPS) is 26.7. The van der Waals surface area contributed by atoms with E-state index in [1.54, 1.807) is 11.1 Å². The first-order valence-corrected chi connectivity index (χ1v) is 7.44. The molecule has 0 bridgehead atoms. The second-order valence-corrected chi connectivity index (χ2v) is 6.04. The summed E-state index contributed by atoms with van der Waals surface area (Å²) in [7, 11) is 0. The lowest BCUT2D eigenvalue weighted by atomic mass is 9.67. The quantitative estimate of drug-likeness (QED) is 0.599. The Labute approximate surface area is 109 Å². The van der Waals surface area contributed by atoms with Gasteiger partial charge in [0.25, 0.3) is 0 Å². The van der Waals surface area contributed by atoms with E-state index in [4.69, 9.17) is 0 Å². The van der Waals surface area contributed by atoms with E-state index in [1.165, 1.54) is 49.3 Å². The fraction of sp³-hybridized carbons (Fsp3) is 0.444. The van der Waals surface area contributed by atoms with Gasteiger partial charge in [0, 0.05) is 0 Å². The minimum atomic E-state index is 0.868. The molecule has 0 radical (unpaired) electrons. The van der Waals surface area contributed by atoms with Crippen LogP contribution >= 0.6 is 0 Å². The number of aryl methyl sites for hydroxylation is 1. The fourth-order valence-electron chi connectivity index (χ4n) is 4.27. The number of fused-ring (bicyclic) bond motifs is 5. The SMILES string of the molecule is c1ccc2c3c(ccc2c1)[C@H]1CCCC[C@H]1CC3. The van der Waals surface area contributed by atoms with Crippen molar-refractivity contribution in [2.45, 2.75) is 44.4 Å². The van der Waals surface area contributed by atoms with Crippen molar-refractivity contribution in [3.8, 4) is 0 Å². The first-order chi connectivity index (χ1) is 8.93. The van der Waals surface area contributed by atoms with Gasteiger partial charge in [-0.25, -0.2) is 0 Å². The Hall–Kier alpha value is -1.30. The predicted molar refractivity (Wildman–Crippen MR) is 77.0 cm³/mol. The minimum absolute atomic E-state index is 0.868. The Morgan fingerprint density at radius 3 is 2.72 bits per heavy atom. The Kier molecular flexibility index (Phi) is 2.43. The Morgan fingerprint density at radius 2 is 1.72 bits per heavy atom. The highest BCUT2D eigenvalue weighted by Crippen LogP contribution is 2.46. The Balaban J connectivity index is 1.90. The Morgan fingerprint density at radius 1 is 0.833 bits per heavy atom. The summed E-state index contributed by atoms with van der Waals surface area (Å²) in [5.41, 5.74) is 3.35. The molecule has 1 saturated carbocycles. The summed E-state index contributed by atoms with van der Waals surface area (Å²) in [6.07, 6.45) is 8.52. The van der Waals surface area contributed by atoms with Crippen LogP contribution in [0.5, 0.6) is 0 Å². The number of benzene rings is 2. The number of hydrogen-bond donors (Lipinski definition) is 0. The van der Waals surface area contributed by atoms with Gasteiger partial charge in [-0.05, 0) is 59.4 Å². The van der Waals surface area contributed by atoms with Crippen LogP contribution in [0.15, 0.2) is 36.4 Å². The lowest BCUT2D eigenvalue weighted by molar-refractivity contribution is 0.276. The Bertz CT molecular complexity index is 582. The lowest BCUT2D eigenvalue weighted by Crippen LogP contribution is -2.24. The second kappa shape index (κ2) is 4.12. The monoisotopic (exact) mass is 236 g/mol. The van der Waals surface area contributed by atoms with Gasteiger partial charge in [-0.1, -0.05) is 49.2 Å². The highest BCUT2D eigenvalue weighted by atomic mass is 14.4. The molecule has 4 rings (SSSR count). The number of rotatable bonds is 0. The van der Waals surface area contributed by atoms with Gasteiger partial charge in [0.15, 0.2) is 0 Å². The third-order valence-electron chi connectivity index (χ3n) is 5.15. The third-order valence-corrected chi connectivity index (χ3v) is 5.15. The van der Waals surface area contributed by atoms with E-state index in [1.807, 2.05) is 0 Å². The molecule has 0 unspecified atom stereocenters. The molecule has 0 heteroatoms. The third kappa shape index (κ3) is 1.51. The largest absolute Gasteiger partial charge is 0.0616 e. The maximum absolute atomic E-state index is 2.43. The summed E-state index contributed by atoms with van der Waals surface area (Å²) in [5, 5.41) is 2.93. The van der Waals surface area contributed by atoms with Gasteiger partial charge in [-0.15, -0.1) is 0 Å². The molecule has 0 spiro atoms. The summed E-state index contributed by atoms with van der Waals surface area (Å²) in [5.74, 6) is 1.85. The summed E-state index contributed by atoms with van der Waals surface area (Å²) in [6.45, 7) is 0. The van der Waals surface area contributed by atoms with Gasteiger partial charge in [-0.2, -0.15) is 0 Å². The molecule has 2 aromatic rings. The highest BCUT2D eigenvalue weighted by Gasteiger charge is 2.31. The molecule has 18 heavy (non-hydrogen) atoms. The van der Waals surface area contributed by atoms with Crippen LogP contribution in [0.3, 0.4) is 0 Å². The van der Waals surface area contributed by atoms with Gasteiger partial charge in [-0.3, -0.25) is 0 Å². The van der Waals surface area contributed by atoms with Crippen molar-refractivity contribution in [2.75, 3.05) is 0 Å². The highest BCUT2D eigenvalue weighted by molar-refractivity contribution is 5.87. The smallest absolute Gasteiger partial charge is 0.0131 e. The summed E-state index contributed by atoms with van der Waals surface area (Å²) in [4.78, 5) is 0. The van der Waals surface area contributed by atoms with Crippen molar-refractivity contribution in [1.29, 1.82) is 0 Å². The average Bonchev–Trinajstić information content (AvgIpc) is 2.46. The van der Waals surface area contributed by atoms with E-state index in [2.05, 4.69) is 36.4 Å². The zero-order valence-electron chi connectivity index (χ0n) is 10.9. The van der Waals surface area contributed by atoms with Crippen molar-refractivity contribution in [3.05, 3.63) is 47.5 Å². The van der Waals surface area contributed by atoms with E-state index in [-0.39, 0.29) is 0 Å². The zero-order chi connectivity index (χ0) is 11.9. The van der Waals surface area contributed by atoms with Crippen molar-refractivity contribution in [1.82, 2.24) is 0 Å². The molecule has 0 aliphatic heterocycles. The molecule has 0 aromatic heterocycles. The zero-order valence-corrected chi connectivity index (χ0v) is 10.9.